The number of nitrogens with zero attached hydrogens (tertiary/aromatic N) is 1. The van der Waals surface area contributed by atoms with Crippen molar-refractivity contribution in [3.63, 3.8) is 0 Å². The Hall–Kier alpha value is -2.08. The summed E-state index contributed by atoms with van der Waals surface area (Å²) in [4.78, 5) is 24.7. The molecule has 1 aromatic rings. The standard InChI is InChI=1S/C15H20N2O4/c1-21-10-12-5-6-17(9-12)15(20)16-8-11-3-2-4-13(7-11)14(18)19/h2-4,7,12H,5-6,8-10H2,1H3,(H,16,20)(H,18,19). The van der Waals surface area contributed by atoms with Gasteiger partial charge < -0.3 is 20.1 Å². The Kier molecular flexibility index (Phi) is 5.16. The fraction of sp³-hybridized carbons (Fsp3) is 0.467. The molecule has 2 N–H and O–H groups in total. The zero-order chi connectivity index (χ0) is 15.2. The van der Waals surface area contributed by atoms with Crippen LogP contribution in [-0.4, -0.2) is 48.8 Å². The number of carboxylic acids is 1. The maximum absolute atomic E-state index is 12.0. The van der Waals surface area contributed by atoms with Gasteiger partial charge in [-0.15, -0.1) is 0 Å². The van der Waals surface area contributed by atoms with Crippen LogP contribution in [0.2, 0.25) is 0 Å². The summed E-state index contributed by atoms with van der Waals surface area (Å²) >= 11 is 0. The third-order valence-corrected chi connectivity index (χ3v) is 3.59. The SMILES string of the molecule is COCC1CCN(C(=O)NCc2cccc(C(=O)O)c2)C1. The molecule has 0 spiro atoms. The van der Waals surface area contributed by atoms with Crippen LogP contribution in [0.15, 0.2) is 24.3 Å². The van der Waals surface area contributed by atoms with Gasteiger partial charge in [0.1, 0.15) is 0 Å². The summed E-state index contributed by atoms with van der Waals surface area (Å²) in [5, 5.41) is 11.8. The van der Waals surface area contributed by atoms with E-state index in [0.29, 0.717) is 25.6 Å². The topological polar surface area (TPSA) is 78.9 Å². The third kappa shape index (κ3) is 4.19. The van der Waals surface area contributed by atoms with Crippen molar-refractivity contribution in [3.8, 4) is 0 Å². The predicted octanol–water partition coefficient (Wildman–Crippen LogP) is 1.56. The van der Waals surface area contributed by atoms with Crippen LogP contribution in [0.5, 0.6) is 0 Å². The number of rotatable bonds is 5. The molecule has 21 heavy (non-hydrogen) atoms. The highest BCUT2D eigenvalue weighted by Gasteiger charge is 2.25. The second-order valence-electron chi connectivity index (χ2n) is 5.22. The molecule has 1 aromatic carbocycles. The lowest BCUT2D eigenvalue weighted by molar-refractivity contribution is 0.0696. The summed E-state index contributed by atoms with van der Waals surface area (Å²) in [5.74, 6) is -0.568. The summed E-state index contributed by atoms with van der Waals surface area (Å²) in [7, 11) is 1.66. The first-order valence-corrected chi connectivity index (χ1v) is 6.94. The molecular weight excluding hydrogens is 272 g/mol. The number of nitrogens with one attached hydrogen (secondary N) is 1. The van der Waals surface area contributed by atoms with Crippen molar-refractivity contribution in [1.29, 1.82) is 0 Å². The number of urea groups is 1. The predicted molar refractivity (Wildman–Crippen MR) is 77.2 cm³/mol. The van der Waals surface area contributed by atoms with Gasteiger partial charge in [0.25, 0.3) is 0 Å². The molecule has 1 unspecified atom stereocenters. The van der Waals surface area contributed by atoms with E-state index in [0.717, 1.165) is 18.5 Å². The van der Waals surface area contributed by atoms with Gasteiger partial charge in [-0.3, -0.25) is 0 Å². The van der Waals surface area contributed by atoms with Crippen LogP contribution in [0.3, 0.4) is 0 Å². The normalized spacial score (nSPS) is 17.8. The molecule has 1 aliphatic rings. The molecule has 0 aliphatic carbocycles. The van der Waals surface area contributed by atoms with Gasteiger partial charge in [0.15, 0.2) is 0 Å². The van der Waals surface area contributed by atoms with Crippen LogP contribution in [0.1, 0.15) is 22.3 Å². The molecule has 1 heterocycles. The minimum Gasteiger partial charge on any atom is -0.478 e. The first-order chi connectivity index (χ1) is 10.1. The smallest absolute Gasteiger partial charge is 0.335 e. The quantitative estimate of drug-likeness (QED) is 0.863. The second kappa shape index (κ2) is 7.08. The molecule has 0 aromatic heterocycles. The highest BCUT2D eigenvalue weighted by Crippen LogP contribution is 2.16. The number of benzene rings is 1. The maximum Gasteiger partial charge on any atom is 0.335 e. The monoisotopic (exact) mass is 292 g/mol. The Morgan fingerprint density at radius 3 is 3.00 bits per heavy atom. The molecule has 1 fully saturated rings. The van der Waals surface area contributed by atoms with Crippen molar-refractivity contribution in [1.82, 2.24) is 10.2 Å². The van der Waals surface area contributed by atoms with Crippen molar-refractivity contribution in [2.24, 2.45) is 5.92 Å². The summed E-state index contributed by atoms with van der Waals surface area (Å²) in [6.45, 7) is 2.43. The number of hydrogen-bond acceptors (Lipinski definition) is 3. The molecule has 2 amide bonds. The minimum absolute atomic E-state index is 0.116. The van der Waals surface area contributed by atoms with Crippen LogP contribution >= 0.6 is 0 Å². The number of amides is 2. The lowest BCUT2D eigenvalue weighted by atomic mass is 10.1. The fourth-order valence-corrected chi connectivity index (χ4v) is 2.49. The van der Waals surface area contributed by atoms with Gasteiger partial charge >= 0.3 is 12.0 Å². The number of carboxylic acid groups (broad SMARTS) is 1. The van der Waals surface area contributed by atoms with Crippen molar-refractivity contribution < 1.29 is 19.4 Å². The van der Waals surface area contributed by atoms with Gasteiger partial charge in [-0.1, -0.05) is 12.1 Å². The van der Waals surface area contributed by atoms with Crippen molar-refractivity contribution in [2.75, 3.05) is 26.8 Å². The molecule has 1 atom stereocenters. The maximum atomic E-state index is 12.0. The molecule has 0 radical (unpaired) electrons. The average molecular weight is 292 g/mol. The van der Waals surface area contributed by atoms with Gasteiger partial charge in [0, 0.05) is 32.7 Å². The van der Waals surface area contributed by atoms with Gasteiger partial charge in [-0.05, 0) is 24.1 Å². The van der Waals surface area contributed by atoms with E-state index in [1.165, 1.54) is 6.07 Å². The number of hydrogen-bond donors (Lipinski definition) is 2. The fourth-order valence-electron chi connectivity index (χ4n) is 2.49. The second-order valence-corrected chi connectivity index (χ2v) is 5.22. The zero-order valence-corrected chi connectivity index (χ0v) is 12.0. The lowest BCUT2D eigenvalue weighted by Crippen LogP contribution is -2.38. The number of aromatic carboxylic acids is 1. The minimum atomic E-state index is -0.967. The molecule has 2 rings (SSSR count). The summed E-state index contributed by atoms with van der Waals surface area (Å²) < 4.78 is 5.10. The largest absolute Gasteiger partial charge is 0.478 e. The van der Waals surface area contributed by atoms with E-state index >= 15 is 0 Å². The van der Waals surface area contributed by atoms with Crippen molar-refractivity contribution >= 4 is 12.0 Å². The molecular formula is C15H20N2O4. The van der Waals surface area contributed by atoms with E-state index in [1.54, 1.807) is 30.2 Å². The van der Waals surface area contributed by atoms with Gasteiger partial charge in [0.05, 0.1) is 12.2 Å². The first kappa shape index (κ1) is 15.3. The summed E-state index contributed by atoms with van der Waals surface area (Å²) in [6.07, 6.45) is 0.954. The van der Waals surface area contributed by atoms with E-state index in [-0.39, 0.29) is 11.6 Å². The van der Waals surface area contributed by atoms with Gasteiger partial charge in [-0.2, -0.15) is 0 Å². The first-order valence-electron chi connectivity index (χ1n) is 6.94. The molecule has 0 bridgehead atoms. The molecule has 1 aliphatic heterocycles. The van der Waals surface area contributed by atoms with E-state index in [1.807, 2.05) is 0 Å². The van der Waals surface area contributed by atoms with Crippen LogP contribution in [0, 0.1) is 5.92 Å². The molecule has 114 valence electrons. The van der Waals surface area contributed by atoms with Crippen LogP contribution in [-0.2, 0) is 11.3 Å². The molecule has 6 heteroatoms. The van der Waals surface area contributed by atoms with E-state index < -0.39 is 5.97 Å². The van der Waals surface area contributed by atoms with Gasteiger partial charge in [-0.25, -0.2) is 9.59 Å². The van der Waals surface area contributed by atoms with Crippen molar-refractivity contribution in [3.05, 3.63) is 35.4 Å². The number of carbonyl (C=O) groups excluding carboxylic acids is 1. The Labute approximate surface area is 123 Å². The average Bonchev–Trinajstić information content (AvgIpc) is 2.94. The van der Waals surface area contributed by atoms with Crippen molar-refractivity contribution in [2.45, 2.75) is 13.0 Å². The lowest BCUT2D eigenvalue weighted by Gasteiger charge is -2.17. The zero-order valence-electron chi connectivity index (χ0n) is 12.0. The summed E-state index contributed by atoms with van der Waals surface area (Å²) in [6, 6.07) is 6.46. The molecule has 6 nitrogen and oxygen atoms in total. The van der Waals surface area contributed by atoms with Crippen LogP contribution in [0.25, 0.3) is 0 Å². The number of ether oxygens (including phenoxy) is 1. The Morgan fingerprint density at radius 2 is 2.29 bits per heavy atom. The highest BCUT2D eigenvalue weighted by atomic mass is 16.5. The molecule has 0 saturated carbocycles. The Morgan fingerprint density at radius 1 is 1.48 bits per heavy atom. The van der Waals surface area contributed by atoms with E-state index in [9.17, 15) is 9.59 Å². The molecule has 1 saturated heterocycles. The highest BCUT2D eigenvalue weighted by molar-refractivity contribution is 5.87. The van der Waals surface area contributed by atoms with Crippen LogP contribution in [0.4, 0.5) is 4.79 Å². The third-order valence-electron chi connectivity index (χ3n) is 3.59. The number of likely N-dealkylation sites (tertiary alicyclic amines) is 1. The Bertz CT molecular complexity index is 518. The number of methoxy groups -OCH3 is 1. The number of carbonyl (C=O) groups is 2. The van der Waals surface area contributed by atoms with Gasteiger partial charge in [0.2, 0.25) is 0 Å². The summed E-state index contributed by atoms with van der Waals surface area (Å²) in [5.41, 5.74) is 0.999. The van der Waals surface area contributed by atoms with E-state index in [4.69, 9.17) is 9.84 Å². The Balaban J connectivity index is 1.84. The van der Waals surface area contributed by atoms with E-state index in [2.05, 4.69) is 5.32 Å². The van der Waals surface area contributed by atoms with Crippen LogP contribution < -0.4 is 5.32 Å².